The van der Waals surface area contributed by atoms with Crippen LogP contribution in [-0.2, 0) is 0 Å². The standard InChI is InChI=1S/C13H27N3/c1-12-4-5-15(3)10-13(12)11-16-8-6-14(2)7-9-16/h12-13H,4-11H2,1-3H3. The summed E-state index contributed by atoms with van der Waals surface area (Å²) in [7, 11) is 4.50. The Hall–Kier alpha value is -0.120. The first kappa shape index (κ1) is 12.3. The zero-order valence-corrected chi connectivity index (χ0v) is 11.2. The zero-order valence-electron chi connectivity index (χ0n) is 11.2. The highest BCUT2D eigenvalue weighted by Crippen LogP contribution is 2.23. The molecule has 0 aromatic heterocycles. The predicted octanol–water partition coefficient (Wildman–Crippen LogP) is 0.822. The molecular formula is C13H27N3. The Labute approximate surface area is 100 Å². The molecule has 2 aliphatic heterocycles. The molecule has 2 aliphatic rings. The highest BCUT2D eigenvalue weighted by Gasteiger charge is 2.26. The van der Waals surface area contributed by atoms with Crippen LogP contribution in [-0.4, -0.2) is 74.6 Å². The lowest BCUT2D eigenvalue weighted by atomic mass is 9.87. The number of piperazine rings is 1. The number of hydrogen-bond donors (Lipinski definition) is 0. The fourth-order valence-corrected chi connectivity index (χ4v) is 2.93. The van der Waals surface area contributed by atoms with Gasteiger partial charge < -0.3 is 14.7 Å². The van der Waals surface area contributed by atoms with Gasteiger partial charge in [0.1, 0.15) is 0 Å². The third-order valence-electron chi connectivity index (χ3n) is 4.41. The highest BCUT2D eigenvalue weighted by atomic mass is 15.2. The van der Waals surface area contributed by atoms with E-state index in [0.29, 0.717) is 0 Å². The molecule has 94 valence electrons. The molecule has 0 aromatic carbocycles. The number of nitrogens with zero attached hydrogens (tertiary/aromatic N) is 3. The lowest BCUT2D eigenvalue weighted by molar-refractivity contribution is 0.0819. The Morgan fingerprint density at radius 2 is 1.62 bits per heavy atom. The minimum Gasteiger partial charge on any atom is -0.306 e. The van der Waals surface area contributed by atoms with Crippen molar-refractivity contribution in [2.45, 2.75) is 13.3 Å². The minimum atomic E-state index is 0.891. The molecule has 0 aromatic rings. The van der Waals surface area contributed by atoms with Crippen LogP contribution in [0.2, 0.25) is 0 Å². The maximum Gasteiger partial charge on any atom is 0.0110 e. The Morgan fingerprint density at radius 1 is 0.938 bits per heavy atom. The van der Waals surface area contributed by atoms with Gasteiger partial charge >= 0.3 is 0 Å². The van der Waals surface area contributed by atoms with Gasteiger partial charge in [-0.2, -0.15) is 0 Å². The van der Waals surface area contributed by atoms with E-state index in [1.807, 2.05) is 0 Å². The van der Waals surface area contributed by atoms with Gasteiger partial charge in [-0.15, -0.1) is 0 Å². The largest absolute Gasteiger partial charge is 0.306 e. The summed E-state index contributed by atoms with van der Waals surface area (Å²) < 4.78 is 0. The van der Waals surface area contributed by atoms with E-state index in [1.165, 1.54) is 52.2 Å². The summed E-state index contributed by atoms with van der Waals surface area (Å²) in [6.45, 7) is 11.4. The van der Waals surface area contributed by atoms with Crippen LogP contribution in [0, 0.1) is 11.8 Å². The second kappa shape index (κ2) is 5.48. The van der Waals surface area contributed by atoms with Gasteiger partial charge in [-0.25, -0.2) is 0 Å². The fourth-order valence-electron chi connectivity index (χ4n) is 2.93. The van der Waals surface area contributed by atoms with Gasteiger partial charge in [0.15, 0.2) is 0 Å². The summed E-state index contributed by atoms with van der Waals surface area (Å²) >= 11 is 0. The molecule has 0 radical (unpaired) electrons. The summed E-state index contributed by atoms with van der Waals surface area (Å²) in [6, 6.07) is 0. The molecule has 3 heteroatoms. The molecular weight excluding hydrogens is 198 g/mol. The summed E-state index contributed by atoms with van der Waals surface area (Å²) in [5.41, 5.74) is 0. The second-order valence-electron chi connectivity index (χ2n) is 5.89. The van der Waals surface area contributed by atoms with Crippen molar-refractivity contribution in [3.63, 3.8) is 0 Å². The maximum absolute atomic E-state index is 2.67. The molecule has 0 saturated carbocycles. The van der Waals surface area contributed by atoms with Gasteiger partial charge in [0.25, 0.3) is 0 Å². The van der Waals surface area contributed by atoms with Crippen LogP contribution in [0.1, 0.15) is 13.3 Å². The maximum atomic E-state index is 2.67. The van der Waals surface area contributed by atoms with Gasteiger partial charge in [-0.3, -0.25) is 0 Å². The van der Waals surface area contributed by atoms with Gasteiger partial charge in [0.2, 0.25) is 0 Å². The van der Waals surface area contributed by atoms with E-state index in [1.54, 1.807) is 0 Å². The first-order valence-electron chi connectivity index (χ1n) is 6.74. The van der Waals surface area contributed by atoms with E-state index in [-0.39, 0.29) is 0 Å². The van der Waals surface area contributed by atoms with Crippen molar-refractivity contribution >= 4 is 0 Å². The molecule has 2 unspecified atom stereocenters. The lowest BCUT2D eigenvalue weighted by Crippen LogP contribution is -2.49. The number of hydrogen-bond acceptors (Lipinski definition) is 3. The third-order valence-corrected chi connectivity index (χ3v) is 4.41. The monoisotopic (exact) mass is 225 g/mol. The van der Waals surface area contributed by atoms with Crippen LogP contribution in [0.5, 0.6) is 0 Å². The normalized spacial score (nSPS) is 35.4. The van der Waals surface area contributed by atoms with Gasteiger partial charge in [0, 0.05) is 39.3 Å². The van der Waals surface area contributed by atoms with Gasteiger partial charge in [0.05, 0.1) is 0 Å². The van der Waals surface area contributed by atoms with E-state index < -0.39 is 0 Å². The Kier molecular flexibility index (Phi) is 4.22. The van der Waals surface area contributed by atoms with Crippen molar-refractivity contribution in [1.82, 2.24) is 14.7 Å². The Morgan fingerprint density at radius 3 is 2.31 bits per heavy atom. The summed E-state index contributed by atoms with van der Waals surface area (Å²) in [5.74, 6) is 1.80. The molecule has 16 heavy (non-hydrogen) atoms. The van der Waals surface area contributed by atoms with E-state index in [9.17, 15) is 0 Å². The van der Waals surface area contributed by atoms with E-state index in [4.69, 9.17) is 0 Å². The Bertz CT molecular complexity index is 211. The molecule has 0 bridgehead atoms. The first-order chi connectivity index (χ1) is 7.65. The van der Waals surface area contributed by atoms with Crippen LogP contribution in [0.15, 0.2) is 0 Å². The average molecular weight is 225 g/mol. The molecule has 2 atom stereocenters. The zero-order chi connectivity index (χ0) is 11.5. The van der Waals surface area contributed by atoms with Crippen molar-refractivity contribution in [3.05, 3.63) is 0 Å². The summed E-state index contributed by atoms with van der Waals surface area (Å²) in [5, 5.41) is 0. The molecule has 2 fully saturated rings. The molecule has 2 rings (SSSR count). The first-order valence-corrected chi connectivity index (χ1v) is 6.74. The third kappa shape index (κ3) is 3.19. The fraction of sp³-hybridized carbons (Fsp3) is 1.00. The SMILES string of the molecule is CC1CCN(C)CC1CN1CCN(C)CC1. The highest BCUT2D eigenvalue weighted by molar-refractivity contribution is 4.80. The molecule has 3 nitrogen and oxygen atoms in total. The lowest BCUT2D eigenvalue weighted by Gasteiger charge is -2.40. The van der Waals surface area contributed by atoms with E-state index in [0.717, 1.165) is 11.8 Å². The van der Waals surface area contributed by atoms with Crippen LogP contribution in [0.4, 0.5) is 0 Å². The molecule has 0 spiro atoms. The molecule has 2 heterocycles. The molecule has 2 saturated heterocycles. The number of likely N-dealkylation sites (N-methyl/N-ethyl adjacent to an activating group) is 1. The average Bonchev–Trinajstić information content (AvgIpc) is 2.27. The quantitative estimate of drug-likeness (QED) is 0.689. The van der Waals surface area contributed by atoms with Crippen molar-refractivity contribution in [3.8, 4) is 0 Å². The van der Waals surface area contributed by atoms with Crippen molar-refractivity contribution in [2.24, 2.45) is 11.8 Å². The topological polar surface area (TPSA) is 9.72 Å². The van der Waals surface area contributed by atoms with E-state index in [2.05, 4.69) is 35.7 Å². The van der Waals surface area contributed by atoms with Crippen molar-refractivity contribution < 1.29 is 0 Å². The Balaban J connectivity index is 1.79. The minimum absolute atomic E-state index is 0.891. The van der Waals surface area contributed by atoms with Crippen molar-refractivity contribution in [2.75, 3.05) is 59.9 Å². The smallest absolute Gasteiger partial charge is 0.0110 e. The van der Waals surface area contributed by atoms with Crippen molar-refractivity contribution in [1.29, 1.82) is 0 Å². The molecule has 0 amide bonds. The van der Waals surface area contributed by atoms with Gasteiger partial charge in [-0.1, -0.05) is 6.92 Å². The van der Waals surface area contributed by atoms with Crippen LogP contribution in [0.3, 0.4) is 0 Å². The van der Waals surface area contributed by atoms with Crippen LogP contribution in [0.25, 0.3) is 0 Å². The predicted molar refractivity (Wildman–Crippen MR) is 68.7 cm³/mol. The van der Waals surface area contributed by atoms with E-state index >= 15 is 0 Å². The number of rotatable bonds is 2. The molecule has 0 aliphatic carbocycles. The summed E-state index contributed by atoms with van der Waals surface area (Å²) in [4.78, 5) is 7.61. The molecule has 0 N–H and O–H groups in total. The van der Waals surface area contributed by atoms with Crippen LogP contribution < -0.4 is 0 Å². The van der Waals surface area contributed by atoms with Gasteiger partial charge in [-0.05, 0) is 38.9 Å². The number of piperidine rings is 1. The number of likely N-dealkylation sites (tertiary alicyclic amines) is 1. The second-order valence-corrected chi connectivity index (χ2v) is 5.89. The summed E-state index contributed by atoms with van der Waals surface area (Å²) in [6.07, 6.45) is 1.38. The van der Waals surface area contributed by atoms with Crippen LogP contribution >= 0.6 is 0 Å².